The summed E-state index contributed by atoms with van der Waals surface area (Å²) < 4.78 is 0. The van der Waals surface area contributed by atoms with Crippen molar-refractivity contribution in [3.63, 3.8) is 0 Å². The van der Waals surface area contributed by atoms with Gasteiger partial charge in [0.15, 0.2) is 0 Å². The third-order valence-electron chi connectivity index (χ3n) is 4.30. The third kappa shape index (κ3) is 4.60. The molecule has 1 aromatic rings. The SMILES string of the molecule is CC(C)Cc1ccc(C(O)CNC2CCC(C)C2)cc1. The van der Waals surface area contributed by atoms with Gasteiger partial charge in [-0.3, -0.25) is 0 Å². The van der Waals surface area contributed by atoms with E-state index in [-0.39, 0.29) is 6.10 Å². The van der Waals surface area contributed by atoms with Crippen LogP contribution in [0.15, 0.2) is 24.3 Å². The van der Waals surface area contributed by atoms with Crippen molar-refractivity contribution in [1.82, 2.24) is 5.32 Å². The van der Waals surface area contributed by atoms with Crippen LogP contribution in [-0.2, 0) is 6.42 Å². The summed E-state index contributed by atoms with van der Waals surface area (Å²) in [5.74, 6) is 1.51. The molecule has 0 aliphatic heterocycles. The van der Waals surface area contributed by atoms with Crippen molar-refractivity contribution < 1.29 is 5.11 Å². The van der Waals surface area contributed by atoms with Crippen LogP contribution >= 0.6 is 0 Å². The number of hydrogen-bond acceptors (Lipinski definition) is 2. The first-order valence-electron chi connectivity index (χ1n) is 8.05. The van der Waals surface area contributed by atoms with Gasteiger partial charge in [-0.2, -0.15) is 0 Å². The minimum atomic E-state index is -0.390. The average Bonchev–Trinajstić information content (AvgIpc) is 2.82. The molecule has 0 aromatic heterocycles. The second kappa shape index (κ2) is 7.24. The van der Waals surface area contributed by atoms with E-state index in [1.54, 1.807) is 0 Å². The maximum Gasteiger partial charge on any atom is 0.0914 e. The first-order valence-corrected chi connectivity index (χ1v) is 8.05. The normalized spacial score (nSPS) is 24.2. The molecule has 20 heavy (non-hydrogen) atoms. The summed E-state index contributed by atoms with van der Waals surface area (Å²) in [6.45, 7) is 7.44. The number of rotatable bonds is 6. The predicted octanol–water partition coefficient (Wildman–Crippen LogP) is 3.70. The molecular weight excluding hydrogens is 246 g/mol. The summed E-state index contributed by atoms with van der Waals surface area (Å²) in [6, 6.07) is 9.04. The van der Waals surface area contributed by atoms with Gasteiger partial charge < -0.3 is 10.4 Å². The average molecular weight is 275 g/mol. The maximum absolute atomic E-state index is 10.3. The topological polar surface area (TPSA) is 32.3 Å². The maximum atomic E-state index is 10.3. The molecule has 2 N–H and O–H groups in total. The second-order valence-electron chi connectivity index (χ2n) is 6.88. The van der Waals surface area contributed by atoms with Crippen molar-refractivity contribution in [2.75, 3.05) is 6.54 Å². The lowest BCUT2D eigenvalue weighted by atomic mass is 10.00. The van der Waals surface area contributed by atoms with Gasteiger partial charge in [-0.15, -0.1) is 0 Å². The molecule has 1 fully saturated rings. The van der Waals surface area contributed by atoms with Gasteiger partial charge >= 0.3 is 0 Å². The van der Waals surface area contributed by atoms with E-state index in [1.807, 2.05) is 0 Å². The van der Waals surface area contributed by atoms with Gasteiger partial charge in [0.25, 0.3) is 0 Å². The Bertz CT molecular complexity index is 398. The van der Waals surface area contributed by atoms with Crippen LogP contribution in [-0.4, -0.2) is 17.7 Å². The molecule has 0 heterocycles. The molecule has 2 rings (SSSR count). The quantitative estimate of drug-likeness (QED) is 0.830. The molecule has 0 radical (unpaired) electrons. The van der Waals surface area contributed by atoms with Crippen LogP contribution in [0.3, 0.4) is 0 Å². The lowest BCUT2D eigenvalue weighted by molar-refractivity contribution is 0.169. The molecular formula is C18H29NO. The Morgan fingerprint density at radius 1 is 1.20 bits per heavy atom. The summed E-state index contributed by atoms with van der Waals surface area (Å²) in [6.07, 6.45) is 4.53. The van der Waals surface area contributed by atoms with Crippen molar-refractivity contribution in [2.45, 2.75) is 58.6 Å². The van der Waals surface area contributed by atoms with E-state index in [2.05, 4.69) is 50.4 Å². The van der Waals surface area contributed by atoms with Crippen LogP contribution in [0.1, 0.15) is 57.3 Å². The molecule has 3 atom stereocenters. The summed E-state index contributed by atoms with van der Waals surface area (Å²) in [5, 5.41) is 13.8. The highest BCUT2D eigenvalue weighted by atomic mass is 16.3. The van der Waals surface area contributed by atoms with Gasteiger partial charge in [0, 0.05) is 12.6 Å². The molecule has 1 aliphatic rings. The van der Waals surface area contributed by atoms with Gasteiger partial charge in [-0.05, 0) is 48.6 Å². The minimum absolute atomic E-state index is 0.390. The van der Waals surface area contributed by atoms with E-state index >= 15 is 0 Å². The largest absolute Gasteiger partial charge is 0.387 e. The highest BCUT2D eigenvalue weighted by molar-refractivity contribution is 5.24. The fourth-order valence-corrected chi connectivity index (χ4v) is 3.14. The first kappa shape index (κ1) is 15.5. The fraction of sp³-hybridized carbons (Fsp3) is 0.667. The van der Waals surface area contributed by atoms with Crippen LogP contribution in [0.25, 0.3) is 0 Å². The van der Waals surface area contributed by atoms with Crippen LogP contribution in [0.4, 0.5) is 0 Å². The van der Waals surface area contributed by atoms with E-state index in [9.17, 15) is 5.11 Å². The lowest BCUT2D eigenvalue weighted by Gasteiger charge is -2.17. The lowest BCUT2D eigenvalue weighted by Crippen LogP contribution is -2.30. The molecule has 0 saturated heterocycles. The van der Waals surface area contributed by atoms with E-state index in [1.165, 1.54) is 24.8 Å². The zero-order chi connectivity index (χ0) is 14.5. The zero-order valence-corrected chi connectivity index (χ0v) is 13.1. The first-order chi connectivity index (χ1) is 9.54. The van der Waals surface area contributed by atoms with Crippen molar-refractivity contribution in [2.24, 2.45) is 11.8 Å². The summed E-state index contributed by atoms with van der Waals surface area (Å²) >= 11 is 0. The second-order valence-corrected chi connectivity index (χ2v) is 6.88. The van der Waals surface area contributed by atoms with Crippen molar-refractivity contribution in [1.29, 1.82) is 0 Å². The summed E-state index contributed by atoms with van der Waals surface area (Å²) in [7, 11) is 0. The number of benzene rings is 1. The highest BCUT2D eigenvalue weighted by Gasteiger charge is 2.21. The fourth-order valence-electron chi connectivity index (χ4n) is 3.14. The van der Waals surface area contributed by atoms with Gasteiger partial charge in [0.2, 0.25) is 0 Å². The molecule has 1 saturated carbocycles. The van der Waals surface area contributed by atoms with Crippen LogP contribution < -0.4 is 5.32 Å². The molecule has 0 bridgehead atoms. The Hall–Kier alpha value is -0.860. The number of hydrogen-bond donors (Lipinski definition) is 2. The monoisotopic (exact) mass is 275 g/mol. The van der Waals surface area contributed by atoms with Gasteiger partial charge in [-0.25, -0.2) is 0 Å². The minimum Gasteiger partial charge on any atom is -0.387 e. The van der Waals surface area contributed by atoms with Crippen molar-refractivity contribution in [3.8, 4) is 0 Å². The molecule has 0 spiro atoms. The van der Waals surface area contributed by atoms with Gasteiger partial charge in [0.05, 0.1) is 6.10 Å². The summed E-state index contributed by atoms with van der Waals surface area (Å²) in [4.78, 5) is 0. The Kier molecular flexibility index (Phi) is 5.62. The van der Waals surface area contributed by atoms with E-state index in [0.717, 1.165) is 17.9 Å². The van der Waals surface area contributed by atoms with Crippen LogP contribution in [0.2, 0.25) is 0 Å². The Balaban J connectivity index is 1.81. The Morgan fingerprint density at radius 2 is 1.90 bits per heavy atom. The Morgan fingerprint density at radius 3 is 2.45 bits per heavy atom. The Labute approximate surface area is 123 Å². The molecule has 112 valence electrons. The number of aliphatic hydroxyl groups is 1. The van der Waals surface area contributed by atoms with Gasteiger partial charge in [-0.1, -0.05) is 45.0 Å². The van der Waals surface area contributed by atoms with Crippen LogP contribution in [0, 0.1) is 11.8 Å². The van der Waals surface area contributed by atoms with Gasteiger partial charge in [0.1, 0.15) is 0 Å². The molecule has 2 heteroatoms. The number of nitrogens with one attached hydrogen (secondary N) is 1. The van der Waals surface area contributed by atoms with Crippen LogP contribution in [0.5, 0.6) is 0 Å². The molecule has 1 aliphatic carbocycles. The molecule has 1 aromatic carbocycles. The third-order valence-corrected chi connectivity index (χ3v) is 4.30. The van der Waals surface area contributed by atoms with E-state index in [0.29, 0.717) is 18.5 Å². The van der Waals surface area contributed by atoms with E-state index < -0.39 is 0 Å². The molecule has 0 amide bonds. The smallest absolute Gasteiger partial charge is 0.0914 e. The highest BCUT2D eigenvalue weighted by Crippen LogP contribution is 2.25. The summed E-state index contributed by atoms with van der Waals surface area (Å²) in [5.41, 5.74) is 2.38. The van der Waals surface area contributed by atoms with Crippen molar-refractivity contribution >= 4 is 0 Å². The zero-order valence-electron chi connectivity index (χ0n) is 13.1. The number of aliphatic hydroxyl groups excluding tert-OH is 1. The standard InChI is InChI=1S/C18H29NO/c1-13(2)10-15-5-7-16(8-6-15)18(20)12-19-17-9-4-14(3)11-17/h5-8,13-14,17-20H,4,9-12H2,1-3H3. The van der Waals surface area contributed by atoms with E-state index in [4.69, 9.17) is 0 Å². The molecule has 3 unspecified atom stereocenters. The molecule has 2 nitrogen and oxygen atoms in total. The van der Waals surface area contributed by atoms with Crippen molar-refractivity contribution in [3.05, 3.63) is 35.4 Å². The predicted molar refractivity (Wildman–Crippen MR) is 84.7 cm³/mol.